The standard InChI is InChI=1S/C25H24N4O3/c1-30-24-11-19(12-25(29-24)31-2)28-22-13-20(8-7-18(22)15-27)32-23-5-3-4-17-10-16(14-26)6-9-21(17)23/h6-13,15,23,27H,3-5H2,1-2H3,(H,28,29). The molecule has 0 radical (unpaired) electrons. The Labute approximate surface area is 187 Å². The summed E-state index contributed by atoms with van der Waals surface area (Å²) in [7, 11) is 3.09. The molecule has 0 amide bonds. The third kappa shape index (κ3) is 4.49. The van der Waals surface area contributed by atoms with E-state index in [1.807, 2.05) is 36.4 Å². The van der Waals surface area contributed by atoms with E-state index in [1.54, 1.807) is 26.4 Å². The second-order valence-electron chi connectivity index (χ2n) is 7.48. The number of hydrogen-bond donors (Lipinski definition) is 2. The number of fused-ring (bicyclic) bond motifs is 1. The number of aryl methyl sites for hydroxylation is 1. The van der Waals surface area contributed by atoms with Gasteiger partial charge in [0.1, 0.15) is 11.9 Å². The van der Waals surface area contributed by atoms with Gasteiger partial charge in [0.2, 0.25) is 11.8 Å². The first-order valence-electron chi connectivity index (χ1n) is 10.3. The van der Waals surface area contributed by atoms with E-state index in [-0.39, 0.29) is 6.10 Å². The molecule has 162 valence electrons. The van der Waals surface area contributed by atoms with Crippen molar-refractivity contribution in [2.24, 2.45) is 0 Å². The van der Waals surface area contributed by atoms with Crippen LogP contribution in [0, 0.1) is 16.7 Å². The zero-order valence-electron chi connectivity index (χ0n) is 18.0. The highest BCUT2D eigenvalue weighted by Gasteiger charge is 2.22. The molecule has 32 heavy (non-hydrogen) atoms. The third-order valence-electron chi connectivity index (χ3n) is 5.47. The number of methoxy groups -OCH3 is 2. The molecule has 1 heterocycles. The Balaban J connectivity index is 1.61. The summed E-state index contributed by atoms with van der Waals surface area (Å²) < 4.78 is 16.9. The second-order valence-corrected chi connectivity index (χ2v) is 7.48. The summed E-state index contributed by atoms with van der Waals surface area (Å²) in [6, 6.07) is 17.1. The van der Waals surface area contributed by atoms with Gasteiger partial charge in [-0.25, -0.2) is 0 Å². The molecule has 2 aromatic carbocycles. The maximum absolute atomic E-state index is 9.18. The highest BCUT2D eigenvalue weighted by Crippen LogP contribution is 2.36. The van der Waals surface area contributed by atoms with E-state index >= 15 is 0 Å². The lowest BCUT2D eigenvalue weighted by Gasteiger charge is -2.27. The van der Waals surface area contributed by atoms with Crippen molar-refractivity contribution < 1.29 is 14.2 Å². The maximum Gasteiger partial charge on any atom is 0.218 e. The number of rotatable bonds is 7. The van der Waals surface area contributed by atoms with Crippen molar-refractivity contribution in [1.29, 1.82) is 10.7 Å². The Morgan fingerprint density at radius 3 is 2.56 bits per heavy atom. The number of ether oxygens (including phenoxy) is 3. The maximum atomic E-state index is 9.18. The lowest BCUT2D eigenvalue weighted by atomic mass is 9.88. The van der Waals surface area contributed by atoms with Gasteiger partial charge in [0.25, 0.3) is 0 Å². The predicted octanol–water partition coefficient (Wildman–Crippen LogP) is 5.17. The van der Waals surface area contributed by atoms with Gasteiger partial charge in [-0.05, 0) is 54.7 Å². The fourth-order valence-electron chi connectivity index (χ4n) is 3.89. The monoisotopic (exact) mass is 428 g/mol. The Kier molecular flexibility index (Phi) is 6.22. The van der Waals surface area contributed by atoms with Crippen LogP contribution in [0.15, 0.2) is 48.5 Å². The average Bonchev–Trinajstić information content (AvgIpc) is 2.83. The molecule has 4 rings (SSSR count). The molecule has 1 aliphatic carbocycles. The molecule has 7 heteroatoms. The summed E-state index contributed by atoms with van der Waals surface area (Å²) in [6.07, 6.45) is 4.09. The molecule has 0 bridgehead atoms. The van der Waals surface area contributed by atoms with E-state index in [1.165, 1.54) is 11.8 Å². The highest BCUT2D eigenvalue weighted by atomic mass is 16.5. The number of aromatic nitrogens is 1. The van der Waals surface area contributed by atoms with E-state index < -0.39 is 0 Å². The number of hydrogen-bond acceptors (Lipinski definition) is 7. The molecule has 3 aromatic rings. The van der Waals surface area contributed by atoms with Crippen LogP contribution in [0.3, 0.4) is 0 Å². The van der Waals surface area contributed by atoms with Gasteiger partial charge in [-0.3, -0.25) is 0 Å². The Hall–Kier alpha value is -4.05. The van der Waals surface area contributed by atoms with Crippen LogP contribution in [0.4, 0.5) is 11.4 Å². The van der Waals surface area contributed by atoms with Crippen LogP contribution in [-0.4, -0.2) is 25.4 Å². The van der Waals surface area contributed by atoms with Gasteiger partial charge in [-0.15, -0.1) is 0 Å². The normalized spacial score (nSPS) is 14.6. The molecule has 0 fully saturated rings. The first kappa shape index (κ1) is 21.2. The van der Waals surface area contributed by atoms with Crippen LogP contribution in [0.5, 0.6) is 17.5 Å². The van der Waals surface area contributed by atoms with E-state index in [0.29, 0.717) is 23.1 Å². The molecule has 1 atom stereocenters. The third-order valence-corrected chi connectivity index (χ3v) is 5.47. The molecule has 0 spiro atoms. The van der Waals surface area contributed by atoms with Gasteiger partial charge in [0, 0.05) is 35.7 Å². The number of pyridine rings is 1. The molecule has 0 saturated carbocycles. The van der Waals surface area contributed by atoms with Gasteiger partial charge in [-0.2, -0.15) is 10.2 Å². The summed E-state index contributed by atoms with van der Waals surface area (Å²) in [5.74, 6) is 1.55. The number of benzene rings is 2. The van der Waals surface area contributed by atoms with Gasteiger partial charge in [0.05, 0.1) is 31.5 Å². The van der Waals surface area contributed by atoms with Crippen molar-refractivity contribution in [3.8, 4) is 23.6 Å². The quantitative estimate of drug-likeness (QED) is 0.504. The summed E-state index contributed by atoms with van der Waals surface area (Å²) in [4.78, 5) is 4.21. The van der Waals surface area contributed by atoms with Crippen LogP contribution in [0.1, 0.15) is 41.2 Å². The molecule has 0 aliphatic heterocycles. The van der Waals surface area contributed by atoms with Gasteiger partial charge in [0.15, 0.2) is 0 Å². The van der Waals surface area contributed by atoms with Gasteiger partial charge < -0.3 is 24.9 Å². The topological polar surface area (TPSA) is 100 Å². The number of nitriles is 1. The fourth-order valence-corrected chi connectivity index (χ4v) is 3.89. The second kappa shape index (κ2) is 9.40. The van der Waals surface area contributed by atoms with Crippen molar-refractivity contribution in [1.82, 2.24) is 4.98 Å². The largest absolute Gasteiger partial charge is 0.486 e. The van der Waals surface area contributed by atoms with Crippen molar-refractivity contribution in [2.75, 3.05) is 19.5 Å². The van der Waals surface area contributed by atoms with Crippen LogP contribution in [-0.2, 0) is 6.42 Å². The minimum Gasteiger partial charge on any atom is -0.486 e. The molecular formula is C25H24N4O3. The lowest BCUT2D eigenvalue weighted by molar-refractivity contribution is 0.183. The molecule has 1 unspecified atom stereocenters. The number of nitrogens with zero attached hydrogens (tertiary/aromatic N) is 2. The smallest absolute Gasteiger partial charge is 0.218 e. The Morgan fingerprint density at radius 1 is 1.09 bits per heavy atom. The summed E-state index contributed by atoms with van der Waals surface area (Å²) in [5.41, 5.74) is 5.14. The summed E-state index contributed by atoms with van der Waals surface area (Å²) in [6.45, 7) is 0. The molecule has 7 nitrogen and oxygen atoms in total. The van der Waals surface area contributed by atoms with E-state index in [9.17, 15) is 5.26 Å². The summed E-state index contributed by atoms with van der Waals surface area (Å²) >= 11 is 0. The minimum absolute atomic E-state index is 0.0775. The van der Waals surface area contributed by atoms with E-state index in [4.69, 9.17) is 19.6 Å². The SMILES string of the molecule is COc1cc(Nc2cc(OC3CCCc4cc(C#N)ccc43)ccc2C=N)cc(OC)n1. The van der Waals surface area contributed by atoms with Crippen LogP contribution >= 0.6 is 0 Å². The van der Waals surface area contributed by atoms with Crippen molar-refractivity contribution in [3.63, 3.8) is 0 Å². The first-order valence-corrected chi connectivity index (χ1v) is 10.3. The molecule has 1 aliphatic rings. The van der Waals surface area contributed by atoms with Crippen molar-refractivity contribution >= 4 is 17.6 Å². The van der Waals surface area contributed by atoms with E-state index in [2.05, 4.69) is 16.4 Å². The molecule has 2 N–H and O–H groups in total. The Bertz CT molecular complexity index is 1160. The van der Waals surface area contributed by atoms with E-state index in [0.717, 1.165) is 41.8 Å². The highest BCUT2D eigenvalue weighted by molar-refractivity contribution is 5.88. The van der Waals surface area contributed by atoms with Crippen molar-refractivity contribution in [3.05, 3.63) is 70.8 Å². The summed E-state index contributed by atoms with van der Waals surface area (Å²) in [5, 5.41) is 20.3. The molecular weight excluding hydrogens is 404 g/mol. The Morgan fingerprint density at radius 2 is 1.88 bits per heavy atom. The average molecular weight is 428 g/mol. The van der Waals surface area contributed by atoms with Gasteiger partial charge in [-0.1, -0.05) is 6.07 Å². The van der Waals surface area contributed by atoms with Gasteiger partial charge >= 0.3 is 0 Å². The van der Waals surface area contributed by atoms with Crippen LogP contribution in [0.2, 0.25) is 0 Å². The predicted molar refractivity (Wildman–Crippen MR) is 122 cm³/mol. The van der Waals surface area contributed by atoms with Crippen molar-refractivity contribution in [2.45, 2.75) is 25.4 Å². The number of nitrogens with one attached hydrogen (secondary N) is 2. The lowest BCUT2D eigenvalue weighted by Crippen LogP contribution is -2.15. The fraction of sp³-hybridized carbons (Fsp3) is 0.240. The number of anilines is 2. The molecule has 1 aromatic heterocycles. The van der Waals surface area contributed by atoms with Crippen LogP contribution in [0.25, 0.3) is 0 Å². The van der Waals surface area contributed by atoms with Crippen LogP contribution < -0.4 is 19.5 Å². The zero-order valence-corrected chi connectivity index (χ0v) is 18.0. The zero-order chi connectivity index (χ0) is 22.5. The molecule has 0 saturated heterocycles. The minimum atomic E-state index is -0.0775. The first-order chi connectivity index (χ1) is 15.6.